The Morgan fingerprint density at radius 1 is 0.840 bits per heavy atom. The van der Waals surface area contributed by atoms with Gasteiger partial charge in [0, 0.05) is 11.6 Å². The van der Waals surface area contributed by atoms with Crippen molar-refractivity contribution in [1.29, 1.82) is 0 Å². The highest BCUT2D eigenvalue weighted by Crippen LogP contribution is 2.26. The fourth-order valence-electron chi connectivity index (χ4n) is 2.65. The number of aromatic nitrogens is 3. The van der Waals surface area contributed by atoms with Gasteiger partial charge >= 0.3 is 0 Å². The molecule has 25 heavy (non-hydrogen) atoms. The fourth-order valence-corrected chi connectivity index (χ4v) is 2.65. The number of hydrogen-bond acceptors (Lipinski definition) is 4. The van der Waals surface area contributed by atoms with Crippen molar-refractivity contribution in [3.8, 4) is 11.4 Å². The maximum absolute atomic E-state index is 14.1. The van der Waals surface area contributed by atoms with Crippen LogP contribution in [0.2, 0.25) is 0 Å². The molecule has 4 rings (SSSR count). The summed E-state index contributed by atoms with van der Waals surface area (Å²) in [6, 6.07) is 20.0. The fraction of sp³-hybridized carbons (Fsp3) is 0.0500. The van der Waals surface area contributed by atoms with Gasteiger partial charge in [-0.2, -0.15) is 0 Å². The highest BCUT2D eigenvalue weighted by atomic mass is 19.1. The smallest absolute Gasteiger partial charge is 0.165 e. The molecule has 122 valence electrons. The molecule has 0 aliphatic carbocycles. The molecule has 0 aliphatic heterocycles. The third-order valence-electron chi connectivity index (χ3n) is 3.88. The number of rotatable bonds is 4. The van der Waals surface area contributed by atoms with Crippen molar-refractivity contribution in [1.82, 2.24) is 15.0 Å². The van der Waals surface area contributed by atoms with Crippen LogP contribution in [0.25, 0.3) is 22.3 Å². The lowest BCUT2D eigenvalue weighted by Gasteiger charge is -2.11. The molecule has 0 unspecified atom stereocenters. The average molecular weight is 330 g/mol. The number of benzene rings is 2. The number of fused-ring (bicyclic) bond motifs is 1. The Morgan fingerprint density at radius 3 is 2.48 bits per heavy atom. The number of pyridine rings is 1. The Labute approximate surface area is 144 Å². The van der Waals surface area contributed by atoms with Crippen LogP contribution in [-0.4, -0.2) is 15.0 Å². The van der Waals surface area contributed by atoms with E-state index in [-0.39, 0.29) is 5.82 Å². The SMILES string of the molecule is Fc1ccccc1-c1nc(NCc2ccccn2)c2ccccc2n1. The van der Waals surface area contributed by atoms with E-state index in [9.17, 15) is 4.39 Å². The van der Waals surface area contributed by atoms with E-state index >= 15 is 0 Å². The minimum Gasteiger partial charge on any atom is -0.364 e. The highest BCUT2D eigenvalue weighted by molar-refractivity contribution is 5.90. The standard InChI is InChI=1S/C20H15FN4/c21-17-10-3-1-8-15(17)20-24-18-11-4-2-9-16(18)19(25-20)23-13-14-7-5-6-12-22-14/h1-12H,13H2,(H,23,24,25). The Balaban J connectivity index is 1.78. The molecule has 4 aromatic rings. The number of nitrogens with zero attached hydrogens (tertiary/aromatic N) is 3. The summed E-state index contributed by atoms with van der Waals surface area (Å²) in [6.07, 6.45) is 1.75. The van der Waals surface area contributed by atoms with Crippen LogP contribution in [0.1, 0.15) is 5.69 Å². The molecule has 2 aromatic carbocycles. The quantitative estimate of drug-likeness (QED) is 0.601. The van der Waals surface area contributed by atoms with Gasteiger partial charge in [-0.15, -0.1) is 0 Å². The number of nitrogens with one attached hydrogen (secondary N) is 1. The lowest BCUT2D eigenvalue weighted by atomic mass is 10.1. The maximum Gasteiger partial charge on any atom is 0.165 e. The second kappa shape index (κ2) is 6.65. The van der Waals surface area contributed by atoms with Gasteiger partial charge in [0.1, 0.15) is 11.6 Å². The molecule has 0 aliphatic rings. The van der Waals surface area contributed by atoms with Gasteiger partial charge in [0.2, 0.25) is 0 Å². The first-order chi connectivity index (χ1) is 12.3. The lowest BCUT2D eigenvalue weighted by molar-refractivity contribution is 0.630. The minimum absolute atomic E-state index is 0.339. The van der Waals surface area contributed by atoms with E-state index in [1.807, 2.05) is 42.5 Å². The minimum atomic E-state index is -0.339. The topological polar surface area (TPSA) is 50.7 Å². The van der Waals surface area contributed by atoms with Crippen LogP contribution in [-0.2, 0) is 6.54 Å². The van der Waals surface area contributed by atoms with E-state index in [0.717, 1.165) is 16.6 Å². The second-order valence-electron chi connectivity index (χ2n) is 5.57. The zero-order valence-corrected chi connectivity index (χ0v) is 13.4. The zero-order chi connectivity index (χ0) is 17.1. The van der Waals surface area contributed by atoms with Gasteiger partial charge in [-0.25, -0.2) is 14.4 Å². The largest absolute Gasteiger partial charge is 0.364 e. The molecule has 0 saturated heterocycles. The number of hydrogen-bond donors (Lipinski definition) is 1. The average Bonchev–Trinajstić information content (AvgIpc) is 2.67. The number of para-hydroxylation sites is 1. The molecule has 4 nitrogen and oxygen atoms in total. The van der Waals surface area contributed by atoms with Crippen molar-refractivity contribution in [2.75, 3.05) is 5.32 Å². The first kappa shape index (κ1) is 15.2. The predicted octanol–water partition coefficient (Wildman–Crippen LogP) is 4.44. The van der Waals surface area contributed by atoms with Crippen molar-refractivity contribution in [3.63, 3.8) is 0 Å². The van der Waals surface area contributed by atoms with E-state index in [4.69, 9.17) is 0 Å². The Hall–Kier alpha value is -3.34. The van der Waals surface area contributed by atoms with Gasteiger partial charge in [0.25, 0.3) is 0 Å². The van der Waals surface area contributed by atoms with Crippen LogP contribution in [0.5, 0.6) is 0 Å². The van der Waals surface area contributed by atoms with Gasteiger partial charge < -0.3 is 5.32 Å². The van der Waals surface area contributed by atoms with Crippen LogP contribution in [0.15, 0.2) is 72.9 Å². The van der Waals surface area contributed by atoms with Crippen molar-refractivity contribution in [2.45, 2.75) is 6.54 Å². The van der Waals surface area contributed by atoms with E-state index < -0.39 is 0 Å². The molecule has 0 amide bonds. The Bertz CT molecular complexity index is 1020. The van der Waals surface area contributed by atoms with Crippen molar-refractivity contribution >= 4 is 16.7 Å². The van der Waals surface area contributed by atoms with Crippen LogP contribution in [0, 0.1) is 5.82 Å². The zero-order valence-electron chi connectivity index (χ0n) is 13.4. The summed E-state index contributed by atoms with van der Waals surface area (Å²) >= 11 is 0. The molecule has 0 saturated carbocycles. The molecule has 0 atom stereocenters. The molecule has 0 radical (unpaired) electrons. The summed E-state index contributed by atoms with van der Waals surface area (Å²) in [4.78, 5) is 13.4. The monoisotopic (exact) mass is 330 g/mol. The summed E-state index contributed by atoms with van der Waals surface area (Å²) in [5, 5.41) is 4.19. The molecular weight excluding hydrogens is 315 g/mol. The molecule has 0 fully saturated rings. The highest BCUT2D eigenvalue weighted by Gasteiger charge is 2.12. The predicted molar refractivity (Wildman–Crippen MR) is 96.5 cm³/mol. The first-order valence-electron chi connectivity index (χ1n) is 7.97. The Morgan fingerprint density at radius 2 is 1.64 bits per heavy atom. The maximum atomic E-state index is 14.1. The summed E-state index contributed by atoms with van der Waals surface area (Å²) in [6.45, 7) is 0.526. The lowest BCUT2D eigenvalue weighted by Crippen LogP contribution is -2.05. The summed E-state index contributed by atoms with van der Waals surface area (Å²) in [7, 11) is 0. The van der Waals surface area contributed by atoms with E-state index in [1.54, 1.807) is 24.4 Å². The number of anilines is 1. The Kier molecular flexibility index (Phi) is 4.04. The molecule has 1 N–H and O–H groups in total. The van der Waals surface area contributed by atoms with E-state index in [2.05, 4.69) is 20.3 Å². The van der Waals surface area contributed by atoms with Gasteiger partial charge in [0.05, 0.1) is 23.3 Å². The molecular formula is C20H15FN4. The van der Waals surface area contributed by atoms with Crippen LogP contribution in [0.3, 0.4) is 0 Å². The van der Waals surface area contributed by atoms with Crippen LogP contribution >= 0.6 is 0 Å². The number of halogens is 1. The third kappa shape index (κ3) is 3.17. The molecule has 2 aromatic heterocycles. The third-order valence-corrected chi connectivity index (χ3v) is 3.88. The van der Waals surface area contributed by atoms with Crippen molar-refractivity contribution < 1.29 is 4.39 Å². The van der Waals surface area contributed by atoms with E-state index in [0.29, 0.717) is 23.8 Å². The molecule has 2 heterocycles. The van der Waals surface area contributed by atoms with Gasteiger partial charge in [-0.05, 0) is 36.4 Å². The van der Waals surface area contributed by atoms with Crippen LogP contribution < -0.4 is 5.32 Å². The normalized spacial score (nSPS) is 10.8. The molecule has 0 bridgehead atoms. The summed E-state index contributed by atoms with van der Waals surface area (Å²) in [5.74, 6) is 0.684. The van der Waals surface area contributed by atoms with Gasteiger partial charge in [0.15, 0.2) is 5.82 Å². The van der Waals surface area contributed by atoms with E-state index in [1.165, 1.54) is 6.07 Å². The van der Waals surface area contributed by atoms with Crippen LogP contribution in [0.4, 0.5) is 10.2 Å². The molecule has 5 heteroatoms. The van der Waals surface area contributed by atoms with Gasteiger partial charge in [-0.3, -0.25) is 4.98 Å². The summed E-state index contributed by atoms with van der Waals surface area (Å²) < 4.78 is 14.1. The van der Waals surface area contributed by atoms with Crippen molar-refractivity contribution in [2.24, 2.45) is 0 Å². The summed E-state index contributed by atoms with van der Waals surface area (Å²) in [5.41, 5.74) is 2.05. The van der Waals surface area contributed by atoms with Gasteiger partial charge in [-0.1, -0.05) is 30.3 Å². The van der Waals surface area contributed by atoms with Crippen molar-refractivity contribution in [3.05, 3.63) is 84.4 Å². The first-order valence-corrected chi connectivity index (χ1v) is 7.97. The molecule has 0 spiro atoms. The second-order valence-corrected chi connectivity index (χ2v) is 5.57.